The molecule has 0 bridgehead atoms. The van der Waals surface area contributed by atoms with Crippen molar-refractivity contribution in [1.82, 2.24) is 10.2 Å². The van der Waals surface area contributed by atoms with E-state index < -0.39 is 0 Å². The fraction of sp³-hybridized carbons (Fsp3) is 0.417. The largest absolute Gasteiger partial charge is 0.457 e. The number of hydrogen-bond donors (Lipinski definition) is 2. The third-order valence-electron chi connectivity index (χ3n) is 6.53. The topological polar surface area (TPSA) is 54.4 Å². The molecular weight excluding hydrogens is 346 g/mol. The SMILES string of the molecule is Cc1c(C)c(C)c2c(C)c(CN3CCNCC3Cc3ccccc3)oc2c1N. The maximum Gasteiger partial charge on any atom is 0.158 e. The second-order valence-electron chi connectivity index (χ2n) is 8.16. The van der Waals surface area contributed by atoms with Crippen LogP contribution in [0.4, 0.5) is 5.69 Å². The van der Waals surface area contributed by atoms with E-state index in [0.29, 0.717) is 6.04 Å². The first-order valence-electron chi connectivity index (χ1n) is 10.2. The summed E-state index contributed by atoms with van der Waals surface area (Å²) in [6.45, 7) is 12.5. The van der Waals surface area contributed by atoms with Gasteiger partial charge >= 0.3 is 0 Å². The first-order chi connectivity index (χ1) is 13.5. The fourth-order valence-corrected chi connectivity index (χ4v) is 4.48. The number of rotatable bonds is 4. The predicted molar refractivity (Wildman–Crippen MR) is 117 cm³/mol. The van der Waals surface area contributed by atoms with Crippen LogP contribution < -0.4 is 11.1 Å². The molecule has 0 aliphatic carbocycles. The van der Waals surface area contributed by atoms with Gasteiger partial charge in [0.2, 0.25) is 0 Å². The van der Waals surface area contributed by atoms with Gasteiger partial charge in [-0.1, -0.05) is 30.3 Å². The number of furan rings is 1. The van der Waals surface area contributed by atoms with Crippen molar-refractivity contribution < 1.29 is 4.42 Å². The molecule has 1 aliphatic rings. The predicted octanol–water partition coefficient (Wildman–Crippen LogP) is 4.27. The molecule has 0 radical (unpaired) electrons. The Kier molecular flexibility index (Phi) is 5.17. The molecule has 1 fully saturated rings. The van der Waals surface area contributed by atoms with E-state index in [1.807, 2.05) is 0 Å². The van der Waals surface area contributed by atoms with E-state index in [4.69, 9.17) is 10.2 Å². The lowest BCUT2D eigenvalue weighted by Gasteiger charge is -2.36. The average Bonchev–Trinajstić information content (AvgIpc) is 3.03. The molecule has 1 aliphatic heterocycles. The Morgan fingerprint density at radius 1 is 1.04 bits per heavy atom. The van der Waals surface area contributed by atoms with Gasteiger partial charge in [0.25, 0.3) is 0 Å². The van der Waals surface area contributed by atoms with Crippen LogP contribution in [0.2, 0.25) is 0 Å². The van der Waals surface area contributed by atoms with Gasteiger partial charge in [0.05, 0.1) is 12.2 Å². The van der Waals surface area contributed by atoms with Gasteiger partial charge in [0.1, 0.15) is 5.76 Å². The van der Waals surface area contributed by atoms with Gasteiger partial charge in [-0.25, -0.2) is 0 Å². The van der Waals surface area contributed by atoms with Gasteiger partial charge < -0.3 is 15.5 Å². The summed E-state index contributed by atoms with van der Waals surface area (Å²) < 4.78 is 6.36. The zero-order chi connectivity index (χ0) is 19.8. The summed E-state index contributed by atoms with van der Waals surface area (Å²) in [4.78, 5) is 2.56. The Balaban J connectivity index is 1.65. The van der Waals surface area contributed by atoms with Gasteiger partial charge in [-0.15, -0.1) is 0 Å². The first-order valence-corrected chi connectivity index (χ1v) is 10.2. The third-order valence-corrected chi connectivity index (χ3v) is 6.53. The molecule has 3 aromatic rings. The lowest BCUT2D eigenvalue weighted by atomic mass is 9.96. The highest BCUT2D eigenvalue weighted by molar-refractivity contribution is 5.96. The highest BCUT2D eigenvalue weighted by Crippen LogP contribution is 2.37. The fourth-order valence-electron chi connectivity index (χ4n) is 4.48. The number of hydrogen-bond acceptors (Lipinski definition) is 4. The Morgan fingerprint density at radius 2 is 1.79 bits per heavy atom. The molecule has 0 spiro atoms. The summed E-state index contributed by atoms with van der Waals surface area (Å²) >= 11 is 0. The van der Waals surface area contributed by atoms with Gasteiger partial charge in [-0.05, 0) is 56.4 Å². The number of benzene rings is 2. The van der Waals surface area contributed by atoms with E-state index in [-0.39, 0.29) is 0 Å². The van der Waals surface area contributed by atoms with Gasteiger partial charge in [-0.3, -0.25) is 4.90 Å². The van der Waals surface area contributed by atoms with Crippen LogP contribution in [-0.2, 0) is 13.0 Å². The minimum Gasteiger partial charge on any atom is -0.457 e. The molecule has 1 saturated heterocycles. The zero-order valence-electron chi connectivity index (χ0n) is 17.4. The van der Waals surface area contributed by atoms with Crippen LogP contribution in [0, 0.1) is 27.7 Å². The molecule has 4 nitrogen and oxygen atoms in total. The Hall–Kier alpha value is -2.30. The number of nitrogens with one attached hydrogen (secondary N) is 1. The van der Waals surface area contributed by atoms with Crippen LogP contribution in [0.3, 0.4) is 0 Å². The lowest BCUT2D eigenvalue weighted by molar-refractivity contribution is 0.142. The minimum absolute atomic E-state index is 0.464. The number of aryl methyl sites for hydroxylation is 2. The van der Waals surface area contributed by atoms with Gasteiger partial charge in [0.15, 0.2) is 5.58 Å². The van der Waals surface area contributed by atoms with E-state index in [0.717, 1.165) is 55.2 Å². The van der Waals surface area contributed by atoms with Gasteiger partial charge in [-0.2, -0.15) is 0 Å². The van der Waals surface area contributed by atoms with E-state index in [1.54, 1.807) is 0 Å². The quantitative estimate of drug-likeness (QED) is 0.667. The number of piperazine rings is 1. The Labute approximate surface area is 167 Å². The summed E-state index contributed by atoms with van der Waals surface area (Å²) in [7, 11) is 0. The Morgan fingerprint density at radius 3 is 2.54 bits per heavy atom. The summed E-state index contributed by atoms with van der Waals surface area (Å²) in [6.07, 6.45) is 1.05. The molecule has 1 aromatic heterocycles. The number of nitrogen functional groups attached to an aromatic ring is 1. The average molecular weight is 378 g/mol. The summed E-state index contributed by atoms with van der Waals surface area (Å²) in [5.41, 5.74) is 14.4. The highest BCUT2D eigenvalue weighted by atomic mass is 16.3. The van der Waals surface area contributed by atoms with Crippen LogP contribution in [0.1, 0.15) is 33.6 Å². The zero-order valence-corrected chi connectivity index (χ0v) is 17.4. The second-order valence-corrected chi connectivity index (χ2v) is 8.16. The van der Waals surface area contributed by atoms with E-state index in [9.17, 15) is 0 Å². The number of nitrogens with zero attached hydrogens (tertiary/aromatic N) is 1. The second kappa shape index (κ2) is 7.61. The lowest BCUT2D eigenvalue weighted by Crippen LogP contribution is -2.51. The van der Waals surface area contributed by atoms with Crippen LogP contribution in [0.5, 0.6) is 0 Å². The van der Waals surface area contributed by atoms with Crippen molar-refractivity contribution in [1.29, 1.82) is 0 Å². The van der Waals surface area contributed by atoms with E-state index in [1.165, 1.54) is 27.6 Å². The Bertz CT molecular complexity index is 990. The normalized spacial score (nSPS) is 18.1. The van der Waals surface area contributed by atoms with Crippen molar-refractivity contribution >= 4 is 16.7 Å². The van der Waals surface area contributed by atoms with Crippen molar-refractivity contribution in [2.45, 2.75) is 46.7 Å². The molecule has 4 rings (SSSR count). The standard InChI is InChI=1S/C24H31N3O/c1-15-16(2)22-18(4)21(28-24(22)23(25)17(15)3)14-27-11-10-26-13-20(27)12-19-8-6-5-7-9-19/h5-9,20,26H,10-14,25H2,1-4H3. The number of nitrogens with two attached hydrogens (primary N) is 1. The van der Waals surface area contributed by atoms with Crippen LogP contribution in [0.25, 0.3) is 11.0 Å². The summed E-state index contributed by atoms with van der Waals surface area (Å²) in [6, 6.07) is 11.2. The molecule has 1 unspecified atom stereocenters. The molecule has 0 saturated carbocycles. The molecule has 0 amide bonds. The summed E-state index contributed by atoms with van der Waals surface area (Å²) in [5, 5.41) is 4.75. The molecule has 2 aromatic carbocycles. The highest BCUT2D eigenvalue weighted by Gasteiger charge is 2.26. The van der Waals surface area contributed by atoms with Crippen molar-refractivity contribution in [3.05, 3.63) is 63.9 Å². The van der Waals surface area contributed by atoms with Crippen molar-refractivity contribution in [3.63, 3.8) is 0 Å². The molecule has 148 valence electrons. The molecule has 28 heavy (non-hydrogen) atoms. The maximum absolute atomic E-state index is 6.42. The molecule has 4 heteroatoms. The number of fused-ring (bicyclic) bond motifs is 1. The van der Waals surface area contributed by atoms with Crippen molar-refractivity contribution in [2.75, 3.05) is 25.4 Å². The third kappa shape index (κ3) is 3.31. The summed E-state index contributed by atoms with van der Waals surface area (Å²) in [5.74, 6) is 1.05. The molecular formula is C24H31N3O. The van der Waals surface area contributed by atoms with Crippen LogP contribution >= 0.6 is 0 Å². The molecule has 1 atom stereocenters. The minimum atomic E-state index is 0.464. The van der Waals surface area contributed by atoms with Crippen LogP contribution in [-0.4, -0.2) is 30.6 Å². The van der Waals surface area contributed by atoms with Gasteiger partial charge in [0, 0.05) is 36.6 Å². The maximum atomic E-state index is 6.42. The monoisotopic (exact) mass is 377 g/mol. The molecule has 3 N–H and O–H groups in total. The number of anilines is 1. The van der Waals surface area contributed by atoms with Crippen molar-refractivity contribution in [3.8, 4) is 0 Å². The van der Waals surface area contributed by atoms with Crippen molar-refractivity contribution in [2.24, 2.45) is 0 Å². The molecule has 2 heterocycles. The van der Waals surface area contributed by atoms with E-state index in [2.05, 4.69) is 68.2 Å². The first kappa shape index (κ1) is 19.0. The van der Waals surface area contributed by atoms with E-state index >= 15 is 0 Å². The van der Waals surface area contributed by atoms with Crippen LogP contribution in [0.15, 0.2) is 34.7 Å². The smallest absolute Gasteiger partial charge is 0.158 e.